The van der Waals surface area contributed by atoms with E-state index in [1.165, 1.54) is 0 Å². The first-order chi connectivity index (χ1) is 11.0. The Bertz CT molecular complexity index is 756. The summed E-state index contributed by atoms with van der Waals surface area (Å²) in [7, 11) is 0. The molecule has 2 amide bonds. The average Bonchev–Trinajstić information content (AvgIpc) is 2.96. The maximum atomic E-state index is 12.3. The number of carbonyl (C=O) groups excluding carboxylic acids is 2. The van der Waals surface area contributed by atoms with Crippen molar-refractivity contribution in [2.75, 3.05) is 5.32 Å². The third kappa shape index (κ3) is 3.54. The van der Waals surface area contributed by atoms with Gasteiger partial charge in [-0.2, -0.15) is 0 Å². The van der Waals surface area contributed by atoms with Crippen LogP contribution in [-0.2, 0) is 9.59 Å². The van der Waals surface area contributed by atoms with E-state index in [0.717, 1.165) is 22.4 Å². The van der Waals surface area contributed by atoms with E-state index >= 15 is 0 Å². The first-order valence-corrected chi connectivity index (χ1v) is 7.87. The normalized spacial score (nSPS) is 17.0. The van der Waals surface area contributed by atoms with Crippen molar-refractivity contribution in [2.24, 2.45) is 0 Å². The second-order valence-corrected chi connectivity index (χ2v) is 6.14. The maximum Gasteiger partial charge on any atom is 0.246 e. The monoisotopic (exact) mass is 328 g/mol. The summed E-state index contributed by atoms with van der Waals surface area (Å²) in [5, 5.41) is 6.28. The molecule has 1 fully saturated rings. The molecule has 1 atom stereocenters. The van der Waals surface area contributed by atoms with E-state index in [2.05, 4.69) is 10.6 Å². The van der Waals surface area contributed by atoms with Crippen LogP contribution in [0.5, 0.6) is 0 Å². The van der Waals surface area contributed by atoms with Gasteiger partial charge in [0, 0.05) is 22.7 Å². The highest BCUT2D eigenvalue weighted by molar-refractivity contribution is 6.30. The number of anilines is 1. The van der Waals surface area contributed by atoms with Crippen LogP contribution in [0.25, 0.3) is 11.1 Å². The van der Waals surface area contributed by atoms with E-state index in [1.54, 1.807) is 0 Å². The van der Waals surface area contributed by atoms with Gasteiger partial charge in [-0.3, -0.25) is 9.59 Å². The highest BCUT2D eigenvalue weighted by Gasteiger charge is 2.27. The summed E-state index contributed by atoms with van der Waals surface area (Å²) < 4.78 is 0. The Labute approximate surface area is 139 Å². The number of hydrogen-bond donors (Lipinski definition) is 2. The lowest BCUT2D eigenvalue weighted by Crippen LogP contribution is -2.37. The number of rotatable bonds is 3. The molecule has 3 rings (SSSR count). The number of aryl methyl sites for hydroxylation is 1. The Morgan fingerprint density at radius 2 is 1.96 bits per heavy atom. The van der Waals surface area contributed by atoms with E-state index in [4.69, 9.17) is 11.6 Å². The molecule has 4 nitrogen and oxygen atoms in total. The minimum absolute atomic E-state index is 0.0769. The van der Waals surface area contributed by atoms with Crippen LogP contribution in [0.2, 0.25) is 5.02 Å². The van der Waals surface area contributed by atoms with Gasteiger partial charge in [0.2, 0.25) is 11.8 Å². The second kappa shape index (κ2) is 6.42. The lowest BCUT2D eigenvalue weighted by Gasteiger charge is -2.15. The van der Waals surface area contributed by atoms with Gasteiger partial charge in [-0.25, -0.2) is 0 Å². The molecule has 118 valence electrons. The zero-order valence-electron chi connectivity index (χ0n) is 12.7. The number of hydrogen-bond acceptors (Lipinski definition) is 2. The molecule has 0 saturated carbocycles. The predicted octanol–water partition coefficient (Wildman–Crippen LogP) is 3.53. The van der Waals surface area contributed by atoms with Crippen molar-refractivity contribution in [1.82, 2.24) is 5.32 Å². The molecule has 1 aliphatic rings. The topological polar surface area (TPSA) is 58.2 Å². The SMILES string of the molecule is Cc1ccc(NC(=O)C2CCC(=O)N2)c(-c2ccc(Cl)cc2)c1. The minimum atomic E-state index is -0.457. The zero-order chi connectivity index (χ0) is 16.4. The molecule has 1 heterocycles. The van der Waals surface area contributed by atoms with Crippen LogP contribution in [0.1, 0.15) is 18.4 Å². The Hall–Kier alpha value is -2.33. The Balaban J connectivity index is 1.88. The molecular formula is C18H17ClN2O2. The van der Waals surface area contributed by atoms with Gasteiger partial charge in [-0.1, -0.05) is 35.4 Å². The lowest BCUT2D eigenvalue weighted by molar-refractivity contribution is -0.122. The lowest BCUT2D eigenvalue weighted by atomic mass is 10.0. The summed E-state index contributed by atoms with van der Waals surface area (Å²) in [6, 6.07) is 12.9. The fourth-order valence-corrected chi connectivity index (χ4v) is 2.79. The number of amides is 2. The van der Waals surface area contributed by atoms with Gasteiger partial charge in [-0.15, -0.1) is 0 Å². The molecule has 2 aromatic rings. The molecule has 0 spiro atoms. The van der Waals surface area contributed by atoms with Gasteiger partial charge in [0.15, 0.2) is 0 Å². The first-order valence-electron chi connectivity index (χ1n) is 7.50. The summed E-state index contributed by atoms with van der Waals surface area (Å²) in [6.07, 6.45) is 0.933. The van der Waals surface area contributed by atoms with Crippen LogP contribution in [-0.4, -0.2) is 17.9 Å². The predicted molar refractivity (Wildman–Crippen MR) is 91.4 cm³/mol. The fourth-order valence-electron chi connectivity index (χ4n) is 2.67. The van der Waals surface area contributed by atoms with Crippen molar-refractivity contribution >= 4 is 29.1 Å². The van der Waals surface area contributed by atoms with E-state index in [-0.39, 0.29) is 11.8 Å². The van der Waals surface area contributed by atoms with E-state index in [9.17, 15) is 9.59 Å². The Morgan fingerprint density at radius 3 is 2.61 bits per heavy atom. The van der Waals surface area contributed by atoms with Crippen molar-refractivity contribution in [3.05, 3.63) is 53.1 Å². The molecule has 0 aliphatic carbocycles. The fraction of sp³-hybridized carbons (Fsp3) is 0.222. The second-order valence-electron chi connectivity index (χ2n) is 5.70. The molecule has 5 heteroatoms. The van der Waals surface area contributed by atoms with Gasteiger partial charge in [0.25, 0.3) is 0 Å². The third-order valence-corrected chi connectivity index (χ3v) is 4.15. The molecule has 2 aromatic carbocycles. The molecule has 1 unspecified atom stereocenters. The zero-order valence-corrected chi connectivity index (χ0v) is 13.5. The Kier molecular flexibility index (Phi) is 4.35. The van der Waals surface area contributed by atoms with Crippen LogP contribution < -0.4 is 10.6 Å². The highest BCUT2D eigenvalue weighted by Crippen LogP contribution is 2.30. The van der Waals surface area contributed by atoms with Crippen LogP contribution in [0.3, 0.4) is 0 Å². The molecule has 23 heavy (non-hydrogen) atoms. The van der Waals surface area contributed by atoms with Crippen molar-refractivity contribution in [3.8, 4) is 11.1 Å². The van der Waals surface area contributed by atoms with Crippen LogP contribution in [0, 0.1) is 6.92 Å². The number of carbonyl (C=O) groups is 2. The molecule has 2 N–H and O–H groups in total. The van der Waals surface area contributed by atoms with E-state index < -0.39 is 6.04 Å². The van der Waals surface area contributed by atoms with Gasteiger partial charge >= 0.3 is 0 Å². The Morgan fingerprint density at radius 1 is 1.22 bits per heavy atom. The molecular weight excluding hydrogens is 312 g/mol. The minimum Gasteiger partial charge on any atom is -0.344 e. The number of nitrogens with one attached hydrogen (secondary N) is 2. The maximum absolute atomic E-state index is 12.3. The summed E-state index contributed by atoms with van der Waals surface area (Å²) >= 11 is 5.94. The van der Waals surface area contributed by atoms with Crippen LogP contribution >= 0.6 is 11.6 Å². The van der Waals surface area contributed by atoms with Gasteiger partial charge in [0.05, 0.1) is 0 Å². The summed E-state index contributed by atoms with van der Waals surface area (Å²) in [5.74, 6) is -0.262. The van der Waals surface area contributed by atoms with Gasteiger partial charge in [-0.05, 0) is 43.2 Å². The highest BCUT2D eigenvalue weighted by atomic mass is 35.5. The first kappa shape index (κ1) is 15.6. The van der Waals surface area contributed by atoms with Gasteiger partial charge in [0.1, 0.15) is 6.04 Å². The molecule has 0 aromatic heterocycles. The van der Waals surface area contributed by atoms with Crippen LogP contribution in [0.15, 0.2) is 42.5 Å². The molecule has 1 aliphatic heterocycles. The molecule has 0 radical (unpaired) electrons. The van der Waals surface area contributed by atoms with Crippen molar-refractivity contribution < 1.29 is 9.59 Å². The number of benzene rings is 2. The summed E-state index contributed by atoms with van der Waals surface area (Å²) in [5.41, 5.74) is 3.73. The standard InChI is InChI=1S/C18H17ClN2O2/c1-11-2-7-15(21-18(23)16-8-9-17(22)20-16)14(10-11)12-3-5-13(19)6-4-12/h2-7,10,16H,8-9H2,1H3,(H,20,22)(H,21,23). The van der Waals surface area contributed by atoms with Crippen molar-refractivity contribution in [3.63, 3.8) is 0 Å². The van der Waals surface area contributed by atoms with E-state index in [1.807, 2.05) is 49.4 Å². The summed E-state index contributed by atoms with van der Waals surface area (Å²) in [6.45, 7) is 2.00. The molecule has 0 bridgehead atoms. The van der Waals surface area contributed by atoms with E-state index in [0.29, 0.717) is 17.9 Å². The van der Waals surface area contributed by atoms with Crippen LogP contribution in [0.4, 0.5) is 5.69 Å². The van der Waals surface area contributed by atoms with Crippen molar-refractivity contribution in [2.45, 2.75) is 25.8 Å². The third-order valence-electron chi connectivity index (χ3n) is 3.90. The van der Waals surface area contributed by atoms with Crippen molar-refractivity contribution in [1.29, 1.82) is 0 Å². The summed E-state index contributed by atoms with van der Waals surface area (Å²) in [4.78, 5) is 23.6. The molecule has 1 saturated heterocycles. The largest absolute Gasteiger partial charge is 0.344 e. The average molecular weight is 329 g/mol. The number of halogens is 1. The quantitative estimate of drug-likeness (QED) is 0.905. The van der Waals surface area contributed by atoms with Gasteiger partial charge < -0.3 is 10.6 Å². The smallest absolute Gasteiger partial charge is 0.246 e.